The van der Waals surface area contributed by atoms with Gasteiger partial charge in [-0.05, 0) is 6.07 Å². The summed E-state index contributed by atoms with van der Waals surface area (Å²) in [5.74, 6) is 1.65. The highest BCUT2D eigenvalue weighted by molar-refractivity contribution is 5.89. The first-order chi connectivity index (χ1) is 12.1. The van der Waals surface area contributed by atoms with Gasteiger partial charge in [-0.25, -0.2) is 19.6 Å². The number of hydroxylamine groups is 3. The van der Waals surface area contributed by atoms with Crippen LogP contribution in [0.25, 0.3) is 5.82 Å². The molecule has 6 heterocycles. The second kappa shape index (κ2) is 5.24. The van der Waals surface area contributed by atoms with Crippen molar-refractivity contribution in [3.63, 3.8) is 0 Å². The number of piperidine rings is 3. The highest BCUT2D eigenvalue weighted by Crippen LogP contribution is 2.44. The molecule has 2 aromatic heterocycles. The number of aliphatic imine (C=N–C) groups is 1. The Hall–Kier alpha value is -2.52. The monoisotopic (exact) mass is 341 g/mol. The molecular formula is C16H19N7O2. The van der Waals surface area contributed by atoms with E-state index in [0.29, 0.717) is 49.8 Å². The van der Waals surface area contributed by atoms with Gasteiger partial charge in [0, 0.05) is 37.2 Å². The van der Waals surface area contributed by atoms with Crippen molar-refractivity contribution in [1.82, 2.24) is 19.7 Å². The first kappa shape index (κ1) is 14.8. The third kappa shape index (κ3) is 2.47. The predicted octanol–water partition coefficient (Wildman–Crippen LogP) is 0.937. The van der Waals surface area contributed by atoms with Gasteiger partial charge in [-0.3, -0.25) is 5.32 Å². The zero-order valence-corrected chi connectivity index (χ0v) is 13.7. The maximum atomic E-state index is 12.7. The van der Waals surface area contributed by atoms with Crippen LogP contribution in [-0.4, -0.2) is 62.2 Å². The van der Waals surface area contributed by atoms with E-state index in [0.717, 1.165) is 12.8 Å². The molecule has 6 rings (SSSR count). The molecule has 2 aromatic rings. The van der Waals surface area contributed by atoms with E-state index in [1.54, 1.807) is 16.9 Å². The lowest BCUT2D eigenvalue weighted by molar-refractivity contribution is -0.905. The Morgan fingerprint density at radius 2 is 2.20 bits per heavy atom. The number of hydrogen-bond donors (Lipinski definition) is 1. The third-order valence-electron chi connectivity index (χ3n) is 5.49. The van der Waals surface area contributed by atoms with Gasteiger partial charge in [0.1, 0.15) is 18.7 Å². The lowest BCUT2D eigenvalue weighted by Crippen LogP contribution is -2.67. The first-order valence-electron chi connectivity index (χ1n) is 8.54. The largest absolute Gasteiger partial charge is 0.633 e. The number of quaternary nitrogens is 1. The van der Waals surface area contributed by atoms with Crippen LogP contribution >= 0.6 is 0 Å². The summed E-state index contributed by atoms with van der Waals surface area (Å²) in [6, 6.07) is 4.05. The maximum absolute atomic E-state index is 12.7. The molecule has 0 amide bonds. The van der Waals surface area contributed by atoms with Gasteiger partial charge in [-0.15, -0.1) is 0 Å². The van der Waals surface area contributed by atoms with Gasteiger partial charge in [-0.2, -0.15) is 5.10 Å². The van der Waals surface area contributed by atoms with E-state index in [4.69, 9.17) is 4.74 Å². The molecule has 25 heavy (non-hydrogen) atoms. The molecule has 0 aromatic carbocycles. The van der Waals surface area contributed by atoms with E-state index < -0.39 is 5.60 Å². The average molecular weight is 341 g/mol. The third-order valence-corrected chi connectivity index (χ3v) is 5.49. The fourth-order valence-electron chi connectivity index (χ4n) is 4.22. The van der Waals surface area contributed by atoms with E-state index in [1.807, 2.05) is 12.3 Å². The Morgan fingerprint density at radius 1 is 1.32 bits per heavy atom. The number of rotatable bonds is 2. The summed E-state index contributed by atoms with van der Waals surface area (Å²) in [6.07, 6.45) is 6.82. The van der Waals surface area contributed by atoms with Crippen LogP contribution in [0.2, 0.25) is 0 Å². The van der Waals surface area contributed by atoms with E-state index in [2.05, 4.69) is 25.4 Å². The summed E-state index contributed by atoms with van der Waals surface area (Å²) in [6.45, 7) is 2.45. The number of nitrogens with zero attached hydrogens (tertiary/aromatic N) is 6. The molecule has 3 fully saturated rings. The number of aromatic nitrogens is 4. The van der Waals surface area contributed by atoms with Crippen molar-refractivity contribution < 1.29 is 9.38 Å². The van der Waals surface area contributed by atoms with E-state index in [1.165, 1.54) is 6.33 Å². The summed E-state index contributed by atoms with van der Waals surface area (Å²) in [7, 11) is 0. The van der Waals surface area contributed by atoms with E-state index in [-0.39, 0.29) is 4.65 Å². The van der Waals surface area contributed by atoms with E-state index >= 15 is 0 Å². The first-order valence-corrected chi connectivity index (χ1v) is 8.54. The van der Waals surface area contributed by atoms with Gasteiger partial charge in [0.05, 0.1) is 19.6 Å². The second-order valence-corrected chi connectivity index (χ2v) is 7.06. The molecule has 0 aliphatic carbocycles. The van der Waals surface area contributed by atoms with Crippen LogP contribution in [0.15, 0.2) is 35.8 Å². The normalized spacial score (nSPS) is 33.3. The van der Waals surface area contributed by atoms with Gasteiger partial charge in [0.2, 0.25) is 0 Å². The Bertz CT molecular complexity index is 814. The highest BCUT2D eigenvalue weighted by atomic mass is 16.6. The summed E-state index contributed by atoms with van der Waals surface area (Å²) in [5, 5.41) is 20.0. The Morgan fingerprint density at radius 3 is 2.96 bits per heavy atom. The minimum atomic E-state index is -0.446. The topological polar surface area (TPSA) is 100 Å². The number of ether oxygens (including phenoxy) is 1. The van der Waals surface area contributed by atoms with Crippen LogP contribution in [0.1, 0.15) is 12.8 Å². The molecular weight excluding hydrogens is 322 g/mol. The number of hydrogen-bond acceptors (Lipinski definition) is 7. The molecule has 9 heteroatoms. The average Bonchev–Trinajstić information content (AvgIpc) is 3.26. The smallest absolute Gasteiger partial charge is 0.291 e. The van der Waals surface area contributed by atoms with Gasteiger partial charge in [0.25, 0.3) is 6.02 Å². The van der Waals surface area contributed by atoms with Crippen LogP contribution in [-0.2, 0) is 4.74 Å². The van der Waals surface area contributed by atoms with Gasteiger partial charge >= 0.3 is 0 Å². The Labute approximate surface area is 144 Å². The summed E-state index contributed by atoms with van der Waals surface area (Å²) in [4.78, 5) is 12.9. The second-order valence-electron chi connectivity index (χ2n) is 7.06. The molecule has 4 aliphatic heterocycles. The molecule has 0 saturated carbocycles. The number of anilines is 1. The van der Waals surface area contributed by atoms with Crippen LogP contribution in [0.4, 0.5) is 5.82 Å². The quantitative estimate of drug-likeness (QED) is 0.644. The van der Waals surface area contributed by atoms with Gasteiger partial charge < -0.3 is 14.6 Å². The van der Waals surface area contributed by atoms with Gasteiger partial charge in [0.15, 0.2) is 11.4 Å². The lowest BCUT2D eigenvalue weighted by atomic mass is 9.75. The number of amidine groups is 1. The molecule has 0 unspecified atom stereocenters. The molecule has 130 valence electrons. The molecule has 0 radical (unpaired) electrons. The predicted molar refractivity (Wildman–Crippen MR) is 89.8 cm³/mol. The van der Waals surface area contributed by atoms with Crippen LogP contribution in [0.5, 0.6) is 0 Å². The molecule has 9 nitrogen and oxygen atoms in total. The zero-order chi connectivity index (χ0) is 16.9. The Kier molecular flexibility index (Phi) is 3.10. The molecule has 1 atom stereocenters. The zero-order valence-electron chi connectivity index (χ0n) is 13.7. The van der Waals surface area contributed by atoms with Crippen molar-refractivity contribution in [2.75, 3.05) is 31.5 Å². The molecule has 1 spiro atoms. The number of nitrogens with one attached hydrogen (secondary N) is 1. The summed E-state index contributed by atoms with van der Waals surface area (Å²) < 4.78 is 7.68. The SMILES string of the molecule is [O-][N+]12CCC(CC1)[C@]1(CN=C(Nc3cc(-n4cccn4)ncn3)O1)C2. The number of fused-ring (bicyclic) bond motifs is 2. The van der Waals surface area contributed by atoms with Crippen molar-refractivity contribution in [1.29, 1.82) is 0 Å². The Balaban J connectivity index is 1.33. The van der Waals surface area contributed by atoms with Crippen LogP contribution in [0.3, 0.4) is 0 Å². The summed E-state index contributed by atoms with van der Waals surface area (Å²) in [5.41, 5.74) is -0.446. The summed E-state index contributed by atoms with van der Waals surface area (Å²) >= 11 is 0. The minimum absolute atomic E-state index is 0.143. The van der Waals surface area contributed by atoms with E-state index in [9.17, 15) is 5.21 Å². The van der Waals surface area contributed by atoms with Crippen molar-refractivity contribution >= 4 is 11.8 Å². The van der Waals surface area contributed by atoms with Crippen LogP contribution < -0.4 is 5.32 Å². The maximum Gasteiger partial charge on any atom is 0.291 e. The van der Waals surface area contributed by atoms with Crippen molar-refractivity contribution in [2.24, 2.45) is 10.9 Å². The fourth-order valence-corrected chi connectivity index (χ4v) is 4.22. The standard InChI is InChI=1S/C16H19N7O2/c24-23-6-2-12(3-7-23)16(10-23)9-17-15(25-16)21-13-8-14(19-11-18-13)22-5-1-4-20-22/h1,4-5,8,11-12H,2-3,6-7,9-10H2,(H,17,18,19,21)/t12?,16-,23?/m0/s1. The molecule has 1 N–H and O–H groups in total. The molecule has 3 saturated heterocycles. The highest BCUT2D eigenvalue weighted by Gasteiger charge is 2.56. The van der Waals surface area contributed by atoms with Crippen molar-refractivity contribution in [3.8, 4) is 5.82 Å². The fraction of sp³-hybridized carbons (Fsp3) is 0.500. The van der Waals surface area contributed by atoms with Crippen LogP contribution in [0, 0.1) is 11.1 Å². The minimum Gasteiger partial charge on any atom is -0.633 e. The lowest BCUT2D eigenvalue weighted by Gasteiger charge is -2.58. The van der Waals surface area contributed by atoms with Gasteiger partial charge in [-0.1, -0.05) is 0 Å². The molecule has 2 bridgehead atoms. The molecule has 4 aliphatic rings. The van der Waals surface area contributed by atoms with Crippen molar-refractivity contribution in [3.05, 3.63) is 36.1 Å². The van der Waals surface area contributed by atoms with Crippen molar-refractivity contribution in [2.45, 2.75) is 18.4 Å².